The predicted octanol–water partition coefficient (Wildman–Crippen LogP) is 2.68. The molecule has 0 atom stereocenters. The predicted molar refractivity (Wildman–Crippen MR) is 113 cm³/mol. The van der Waals surface area contributed by atoms with E-state index in [1.54, 1.807) is 36.4 Å². The van der Waals surface area contributed by atoms with Gasteiger partial charge in [0, 0.05) is 16.2 Å². The normalized spacial score (nSPS) is 13.8. The number of ether oxygens (including phenoxy) is 1. The molecule has 9 heteroatoms. The Hall–Kier alpha value is -3.91. The number of rotatable bonds is 3. The Morgan fingerprint density at radius 2 is 1.87 bits per heavy atom. The van der Waals surface area contributed by atoms with Gasteiger partial charge < -0.3 is 9.84 Å². The molecule has 4 rings (SSSR count). The summed E-state index contributed by atoms with van der Waals surface area (Å²) in [6, 6.07) is 13.1. The van der Waals surface area contributed by atoms with Crippen molar-refractivity contribution in [2.75, 3.05) is 7.11 Å². The number of carbonyl (C=O) groups excluding carboxylic acids is 1. The molecule has 3 aromatic rings. The first-order valence-corrected chi connectivity index (χ1v) is 9.11. The highest BCUT2D eigenvalue weighted by molar-refractivity contribution is 6.58. The maximum absolute atomic E-state index is 12.5. The van der Waals surface area contributed by atoms with E-state index in [4.69, 9.17) is 16.3 Å². The van der Waals surface area contributed by atoms with Crippen molar-refractivity contribution in [1.82, 2.24) is 9.55 Å². The summed E-state index contributed by atoms with van der Waals surface area (Å²) in [6.45, 7) is 0. The van der Waals surface area contributed by atoms with Gasteiger partial charge in [-0.3, -0.25) is 9.78 Å². The number of aromatic amines is 1. The Kier molecular flexibility index (Phi) is 4.85. The smallest absolute Gasteiger partial charge is 0.357 e. The summed E-state index contributed by atoms with van der Waals surface area (Å²) < 4.78 is 5.72. The SMILES string of the molecule is COC(=O)C1=Nc2ccccc2C1=Cc1c(O)n(-c2ccc(Cl)cc2)c(=O)[nH]c1=O. The Balaban J connectivity index is 1.96. The van der Waals surface area contributed by atoms with Gasteiger partial charge in [-0.1, -0.05) is 29.8 Å². The average Bonchev–Trinajstić information content (AvgIpc) is 3.10. The molecule has 0 unspecified atom stereocenters. The molecule has 2 heterocycles. The third kappa shape index (κ3) is 3.23. The van der Waals surface area contributed by atoms with Crippen LogP contribution in [0.4, 0.5) is 5.69 Å². The number of halogens is 1. The maximum Gasteiger partial charge on any atom is 0.357 e. The van der Waals surface area contributed by atoms with Gasteiger partial charge in [0.1, 0.15) is 5.56 Å². The molecule has 2 N–H and O–H groups in total. The molecule has 0 saturated heterocycles. The zero-order chi connectivity index (χ0) is 21.4. The molecule has 0 spiro atoms. The number of hydrogen-bond acceptors (Lipinski definition) is 6. The molecule has 150 valence electrons. The van der Waals surface area contributed by atoms with Crippen molar-refractivity contribution in [3.63, 3.8) is 0 Å². The number of carbonyl (C=O) groups is 1. The van der Waals surface area contributed by atoms with E-state index in [0.29, 0.717) is 27.5 Å². The minimum absolute atomic E-state index is 0.0123. The Morgan fingerprint density at radius 3 is 2.57 bits per heavy atom. The summed E-state index contributed by atoms with van der Waals surface area (Å²) in [7, 11) is 1.22. The second-order valence-corrected chi connectivity index (χ2v) is 6.77. The van der Waals surface area contributed by atoms with Crippen LogP contribution >= 0.6 is 11.6 Å². The lowest BCUT2D eigenvalue weighted by Crippen LogP contribution is -2.30. The Labute approximate surface area is 174 Å². The maximum atomic E-state index is 12.5. The number of aromatic hydroxyl groups is 1. The average molecular weight is 424 g/mol. The molecule has 1 aromatic heterocycles. The first-order chi connectivity index (χ1) is 14.4. The molecule has 0 saturated carbocycles. The number of hydrogen-bond donors (Lipinski definition) is 2. The fourth-order valence-electron chi connectivity index (χ4n) is 3.15. The molecule has 0 radical (unpaired) electrons. The van der Waals surface area contributed by atoms with Crippen molar-refractivity contribution in [3.05, 3.63) is 85.5 Å². The minimum atomic E-state index is -0.823. The molecule has 30 heavy (non-hydrogen) atoms. The van der Waals surface area contributed by atoms with Crippen LogP contribution in [0.3, 0.4) is 0 Å². The van der Waals surface area contributed by atoms with Crippen molar-refractivity contribution in [2.24, 2.45) is 4.99 Å². The fraction of sp³-hybridized carbons (Fsp3) is 0.0476. The lowest BCUT2D eigenvalue weighted by Gasteiger charge is -2.11. The van der Waals surface area contributed by atoms with Crippen LogP contribution in [-0.2, 0) is 9.53 Å². The van der Waals surface area contributed by atoms with Gasteiger partial charge in [0.2, 0.25) is 5.88 Å². The quantitative estimate of drug-likeness (QED) is 0.629. The van der Waals surface area contributed by atoms with Crippen LogP contribution in [0.2, 0.25) is 5.02 Å². The van der Waals surface area contributed by atoms with E-state index in [-0.39, 0.29) is 11.3 Å². The molecule has 8 nitrogen and oxygen atoms in total. The van der Waals surface area contributed by atoms with E-state index in [1.807, 2.05) is 0 Å². The third-order valence-electron chi connectivity index (χ3n) is 4.55. The van der Waals surface area contributed by atoms with Gasteiger partial charge in [-0.25, -0.2) is 19.1 Å². The second kappa shape index (κ2) is 7.49. The lowest BCUT2D eigenvalue weighted by atomic mass is 10.0. The number of para-hydroxylation sites is 1. The number of methoxy groups -OCH3 is 1. The minimum Gasteiger partial charge on any atom is -0.494 e. The number of esters is 1. The number of benzene rings is 2. The Bertz CT molecular complexity index is 1350. The van der Waals surface area contributed by atoms with Crippen LogP contribution < -0.4 is 11.2 Å². The highest BCUT2D eigenvalue weighted by Crippen LogP contribution is 2.36. The molecule has 0 amide bonds. The van der Waals surface area contributed by atoms with Gasteiger partial charge in [0.05, 0.1) is 18.5 Å². The van der Waals surface area contributed by atoms with Crippen molar-refractivity contribution in [1.29, 1.82) is 0 Å². The van der Waals surface area contributed by atoms with Crippen LogP contribution in [0.5, 0.6) is 5.88 Å². The van der Waals surface area contributed by atoms with Gasteiger partial charge in [-0.15, -0.1) is 0 Å². The molecule has 0 aliphatic carbocycles. The summed E-state index contributed by atoms with van der Waals surface area (Å²) in [6.07, 6.45) is 1.31. The van der Waals surface area contributed by atoms with Crippen molar-refractivity contribution < 1.29 is 14.6 Å². The number of aliphatic imine (C=N–C) groups is 1. The fourth-order valence-corrected chi connectivity index (χ4v) is 3.27. The molecule has 2 aromatic carbocycles. The lowest BCUT2D eigenvalue weighted by molar-refractivity contribution is -0.132. The van der Waals surface area contributed by atoms with E-state index in [0.717, 1.165) is 4.57 Å². The van der Waals surface area contributed by atoms with Crippen LogP contribution in [0, 0.1) is 0 Å². The molecular weight excluding hydrogens is 410 g/mol. The number of fused-ring (bicyclic) bond motifs is 1. The zero-order valence-electron chi connectivity index (χ0n) is 15.5. The number of H-pyrrole nitrogens is 1. The van der Waals surface area contributed by atoms with E-state index in [9.17, 15) is 19.5 Å². The number of nitrogens with zero attached hydrogens (tertiary/aromatic N) is 2. The summed E-state index contributed by atoms with van der Waals surface area (Å²) in [5.41, 5.74) is -0.174. The largest absolute Gasteiger partial charge is 0.494 e. The zero-order valence-corrected chi connectivity index (χ0v) is 16.3. The van der Waals surface area contributed by atoms with E-state index in [2.05, 4.69) is 9.98 Å². The van der Waals surface area contributed by atoms with Crippen molar-refractivity contribution >= 4 is 40.6 Å². The van der Waals surface area contributed by atoms with Gasteiger partial charge >= 0.3 is 11.7 Å². The van der Waals surface area contributed by atoms with Gasteiger partial charge in [0.25, 0.3) is 5.56 Å². The monoisotopic (exact) mass is 423 g/mol. The summed E-state index contributed by atoms with van der Waals surface area (Å²) in [5, 5.41) is 11.2. The van der Waals surface area contributed by atoms with Gasteiger partial charge in [-0.2, -0.15) is 0 Å². The third-order valence-corrected chi connectivity index (χ3v) is 4.81. The number of aromatic nitrogens is 2. The van der Waals surface area contributed by atoms with Crippen LogP contribution in [0.1, 0.15) is 11.1 Å². The first kappa shape index (κ1) is 19.4. The molecule has 0 bridgehead atoms. The van der Waals surface area contributed by atoms with E-state index in [1.165, 1.54) is 25.3 Å². The highest BCUT2D eigenvalue weighted by atomic mass is 35.5. The van der Waals surface area contributed by atoms with Gasteiger partial charge in [0.15, 0.2) is 5.71 Å². The molecular formula is C21H14ClN3O5. The van der Waals surface area contributed by atoms with Crippen molar-refractivity contribution in [3.8, 4) is 11.6 Å². The molecule has 0 fully saturated rings. The molecule has 1 aliphatic rings. The standard InChI is InChI=1S/C21H14ClN3O5/c1-30-20(28)17-14(13-4-2-3-5-16(13)23-17)10-15-18(26)24-21(29)25(19(15)27)12-8-6-11(22)7-9-12/h2-10,27H,1H3,(H,24,26,29). The van der Waals surface area contributed by atoms with Gasteiger partial charge in [-0.05, 0) is 36.4 Å². The summed E-state index contributed by atoms with van der Waals surface area (Å²) >= 11 is 5.88. The highest BCUT2D eigenvalue weighted by Gasteiger charge is 2.28. The first-order valence-electron chi connectivity index (χ1n) is 8.73. The van der Waals surface area contributed by atoms with Crippen LogP contribution in [0.15, 0.2) is 63.1 Å². The van der Waals surface area contributed by atoms with Crippen LogP contribution in [0.25, 0.3) is 17.3 Å². The van der Waals surface area contributed by atoms with Crippen molar-refractivity contribution in [2.45, 2.75) is 0 Å². The summed E-state index contributed by atoms with van der Waals surface area (Å²) in [5.74, 6) is -1.29. The molecule has 1 aliphatic heterocycles. The number of nitrogens with one attached hydrogen (secondary N) is 1. The topological polar surface area (TPSA) is 114 Å². The summed E-state index contributed by atoms with van der Waals surface area (Å²) in [4.78, 5) is 43.5. The van der Waals surface area contributed by atoms with E-state index < -0.39 is 23.1 Å². The second-order valence-electron chi connectivity index (χ2n) is 6.34. The Morgan fingerprint density at radius 1 is 1.17 bits per heavy atom. The van der Waals surface area contributed by atoms with Crippen LogP contribution in [-0.4, -0.2) is 33.4 Å². The van der Waals surface area contributed by atoms with E-state index >= 15 is 0 Å².